The van der Waals surface area contributed by atoms with Crippen molar-refractivity contribution in [3.63, 3.8) is 0 Å². The summed E-state index contributed by atoms with van der Waals surface area (Å²) in [6.07, 6.45) is 0.625. The lowest BCUT2D eigenvalue weighted by Crippen LogP contribution is -2.12. The molecule has 0 fully saturated rings. The molecule has 1 aromatic heterocycles. The van der Waals surface area contributed by atoms with Crippen molar-refractivity contribution >= 4 is 22.6 Å². The van der Waals surface area contributed by atoms with E-state index < -0.39 is 0 Å². The Kier molecular flexibility index (Phi) is 5.38. The van der Waals surface area contributed by atoms with Crippen LogP contribution < -0.4 is 0 Å². The first-order valence-electron chi connectivity index (χ1n) is 6.90. The molecule has 0 saturated heterocycles. The molecular formula is C15H20ClFN2O. The van der Waals surface area contributed by atoms with Gasteiger partial charge >= 0.3 is 0 Å². The summed E-state index contributed by atoms with van der Waals surface area (Å²) in [6.45, 7) is 6.21. The Bertz CT molecular complexity index is 568. The summed E-state index contributed by atoms with van der Waals surface area (Å²) in [6, 6.07) is 5.01. The highest BCUT2D eigenvalue weighted by Gasteiger charge is 2.13. The second-order valence-corrected chi connectivity index (χ2v) is 5.57. The highest BCUT2D eigenvalue weighted by molar-refractivity contribution is 6.17. The van der Waals surface area contributed by atoms with Gasteiger partial charge in [-0.1, -0.05) is 19.9 Å². The number of imidazole rings is 1. The van der Waals surface area contributed by atoms with Crippen LogP contribution in [0.15, 0.2) is 18.2 Å². The topological polar surface area (TPSA) is 27.1 Å². The minimum atomic E-state index is -0.292. The third-order valence-electron chi connectivity index (χ3n) is 3.04. The van der Waals surface area contributed by atoms with E-state index in [0.717, 1.165) is 17.9 Å². The Morgan fingerprint density at radius 2 is 2.20 bits per heavy atom. The highest BCUT2D eigenvalue weighted by Crippen LogP contribution is 2.19. The van der Waals surface area contributed by atoms with Gasteiger partial charge in [0.05, 0.1) is 12.1 Å². The molecule has 0 radical (unpaired) electrons. The molecule has 0 unspecified atom stereocenters. The fourth-order valence-electron chi connectivity index (χ4n) is 2.16. The average molecular weight is 299 g/mol. The van der Waals surface area contributed by atoms with Crippen molar-refractivity contribution in [1.82, 2.24) is 9.55 Å². The number of para-hydroxylation sites is 1. The van der Waals surface area contributed by atoms with Crippen molar-refractivity contribution in [2.75, 3.05) is 19.1 Å². The molecule has 5 heteroatoms. The second kappa shape index (κ2) is 7.04. The molecule has 1 aromatic carbocycles. The fourth-order valence-corrected chi connectivity index (χ4v) is 2.33. The van der Waals surface area contributed by atoms with Crippen molar-refractivity contribution in [2.24, 2.45) is 5.92 Å². The summed E-state index contributed by atoms with van der Waals surface area (Å²) in [5.74, 6) is 1.50. The van der Waals surface area contributed by atoms with Crippen molar-refractivity contribution in [3.05, 3.63) is 29.8 Å². The molecule has 0 spiro atoms. The van der Waals surface area contributed by atoms with E-state index >= 15 is 0 Å². The summed E-state index contributed by atoms with van der Waals surface area (Å²) >= 11 is 5.80. The standard InChI is InChI=1S/C15H20ClFN2O/c1-11(2)10-20-9-8-19-13-5-3-4-12(17)15(13)18-14(19)6-7-16/h3-5,11H,6-10H2,1-2H3. The van der Waals surface area contributed by atoms with Crippen molar-refractivity contribution in [2.45, 2.75) is 26.8 Å². The molecular weight excluding hydrogens is 279 g/mol. The number of aryl methyl sites for hydroxylation is 1. The third kappa shape index (κ3) is 3.49. The predicted molar refractivity (Wildman–Crippen MR) is 79.8 cm³/mol. The molecule has 2 aromatic rings. The van der Waals surface area contributed by atoms with E-state index in [9.17, 15) is 4.39 Å². The molecule has 0 bridgehead atoms. The summed E-state index contributed by atoms with van der Waals surface area (Å²) in [5.41, 5.74) is 1.22. The highest BCUT2D eigenvalue weighted by atomic mass is 35.5. The number of fused-ring (bicyclic) bond motifs is 1. The lowest BCUT2D eigenvalue weighted by Gasteiger charge is -2.10. The van der Waals surface area contributed by atoms with Crippen LogP contribution in [0.5, 0.6) is 0 Å². The van der Waals surface area contributed by atoms with Crippen LogP contribution in [0.2, 0.25) is 0 Å². The lowest BCUT2D eigenvalue weighted by molar-refractivity contribution is 0.103. The first-order chi connectivity index (χ1) is 9.63. The lowest BCUT2D eigenvalue weighted by atomic mass is 10.2. The molecule has 0 aliphatic rings. The summed E-state index contributed by atoms with van der Waals surface area (Å²) in [5, 5.41) is 0. The molecule has 0 atom stereocenters. The van der Waals surface area contributed by atoms with Gasteiger partial charge in [-0.3, -0.25) is 0 Å². The van der Waals surface area contributed by atoms with Gasteiger partial charge in [-0.2, -0.15) is 0 Å². The Labute approximate surface area is 123 Å². The number of aromatic nitrogens is 2. The number of halogens is 2. The van der Waals surface area contributed by atoms with Gasteiger partial charge in [-0.15, -0.1) is 11.6 Å². The molecule has 2 rings (SSSR count). The summed E-state index contributed by atoms with van der Waals surface area (Å²) < 4.78 is 21.4. The van der Waals surface area contributed by atoms with E-state index in [-0.39, 0.29) is 5.82 Å². The zero-order valence-electron chi connectivity index (χ0n) is 11.9. The zero-order chi connectivity index (χ0) is 14.5. The van der Waals surface area contributed by atoms with Gasteiger partial charge in [0, 0.05) is 25.5 Å². The van der Waals surface area contributed by atoms with Gasteiger partial charge in [-0.25, -0.2) is 9.37 Å². The monoisotopic (exact) mass is 298 g/mol. The summed E-state index contributed by atoms with van der Waals surface area (Å²) in [4.78, 5) is 4.36. The third-order valence-corrected chi connectivity index (χ3v) is 3.23. The Morgan fingerprint density at radius 3 is 2.90 bits per heavy atom. The minimum absolute atomic E-state index is 0.292. The molecule has 0 aliphatic carbocycles. The quantitative estimate of drug-likeness (QED) is 0.576. The number of ether oxygens (including phenoxy) is 1. The molecule has 0 saturated carbocycles. The zero-order valence-corrected chi connectivity index (χ0v) is 12.7. The van der Waals surface area contributed by atoms with Crippen LogP contribution in [0.25, 0.3) is 11.0 Å². The van der Waals surface area contributed by atoms with Crippen LogP contribution in [0, 0.1) is 11.7 Å². The first-order valence-corrected chi connectivity index (χ1v) is 7.44. The molecule has 1 heterocycles. The largest absolute Gasteiger partial charge is 0.379 e. The average Bonchev–Trinajstić information content (AvgIpc) is 2.75. The van der Waals surface area contributed by atoms with Gasteiger partial charge in [0.2, 0.25) is 0 Å². The normalized spacial score (nSPS) is 11.7. The summed E-state index contributed by atoms with van der Waals surface area (Å²) in [7, 11) is 0. The minimum Gasteiger partial charge on any atom is -0.379 e. The second-order valence-electron chi connectivity index (χ2n) is 5.19. The van der Waals surface area contributed by atoms with Crippen LogP contribution in [0.3, 0.4) is 0 Å². The number of benzene rings is 1. The molecule has 0 amide bonds. The SMILES string of the molecule is CC(C)COCCn1c(CCCl)nc2c(F)cccc21. The van der Waals surface area contributed by atoms with Crippen molar-refractivity contribution < 1.29 is 9.13 Å². The Balaban J connectivity index is 2.20. The van der Waals surface area contributed by atoms with Crippen LogP contribution in [-0.2, 0) is 17.7 Å². The molecule has 110 valence electrons. The van der Waals surface area contributed by atoms with Crippen LogP contribution >= 0.6 is 11.6 Å². The van der Waals surface area contributed by atoms with Crippen molar-refractivity contribution in [3.8, 4) is 0 Å². The van der Waals surface area contributed by atoms with Crippen molar-refractivity contribution in [1.29, 1.82) is 0 Å². The van der Waals surface area contributed by atoms with Crippen LogP contribution in [0.4, 0.5) is 4.39 Å². The number of rotatable bonds is 7. The maximum atomic E-state index is 13.8. The van der Waals surface area contributed by atoms with E-state index in [4.69, 9.17) is 16.3 Å². The smallest absolute Gasteiger partial charge is 0.151 e. The van der Waals surface area contributed by atoms with Gasteiger partial charge in [0.15, 0.2) is 5.82 Å². The first kappa shape index (κ1) is 15.3. The molecule has 0 N–H and O–H groups in total. The van der Waals surface area contributed by atoms with Crippen LogP contribution in [-0.4, -0.2) is 28.6 Å². The van der Waals surface area contributed by atoms with Gasteiger partial charge in [0.1, 0.15) is 11.3 Å². The molecule has 20 heavy (non-hydrogen) atoms. The van der Waals surface area contributed by atoms with Gasteiger partial charge in [-0.05, 0) is 18.1 Å². The van der Waals surface area contributed by atoms with Gasteiger partial charge in [0.25, 0.3) is 0 Å². The van der Waals surface area contributed by atoms with Crippen LogP contribution in [0.1, 0.15) is 19.7 Å². The molecule has 0 aliphatic heterocycles. The Morgan fingerprint density at radius 1 is 1.40 bits per heavy atom. The predicted octanol–water partition coefficient (Wildman–Crippen LogP) is 3.63. The number of hydrogen-bond acceptors (Lipinski definition) is 2. The van der Waals surface area contributed by atoms with E-state index in [1.807, 2.05) is 10.6 Å². The number of hydrogen-bond donors (Lipinski definition) is 0. The maximum Gasteiger partial charge on any atom is 0.151 e. The maximum absolute atomic E-state index is 13.8. The fraction of sp³-hybridized carbons (Fsp3) is 0.533. The number of alkyl halides is 1. The van der Waals surface area contributed by atoms with Gasteiger partial charge < -0.3 is 9.30 Å². The number of nitrogens with zero attached hydrogens (tertiary/aromatic N) is 2. The van der Waals surface area contributed by atoms with E-state index in [1.165, 1.54) is 6.07 Å². The van der Waals surface area contributed by atoms with E-state index in [0.29, 0.717) is 36.9 Å². The molecule has 3 nitrogen and oxygen atoms in total. The Hall–Kier alpha value is -1.13. The van der Waals surface area contributed by atoms with E-state index in [2.05, 4.69) is 18.8 Å². The van der Waals surface area contributed by atoms with E-state index in [1.54, 1.807) is 6.07 Å².